The Morgan fingerprint density at radius 1 is 1.37 bits per heavy atom. The van der Waals surface area contributed by atoms with Gasteiger partial charge >= 0.3 is 0 Å². The van der Waals surface area contributed by atoms with Gasteiger partial charge in [-0.15, -0.1) is 0 Å². The Labute approximate surface area is 119 Å². The summed E-state index contributed by atoms with van der Waals surface area (Å²) >= 11 is 6.05. The van der Waals surface area contributed by atoms with Crippen molar-refractivity contribution in [2.45, 2.75) is 26.3 Å². The van der Waals surface area contributed by atoms with Crippen LogP contribution in [0.15, 0.2) is 24.3 Å². The highest BCUT2D eigenvalue weighted by atomic mass is 35.5. The molecule has 1 amide bonds. The largest absolute Gasteiger partial charge is 0.351 e. The number of hydrogen-bond donors (Lipinski definition) is 1. The Morgan fingerprint density at radius 2 is 2.05 bits per heavy atom. The third-order valence-electron chi connectivity index (χ3n) is 3.68. The van der Waals surface area contributed by atoms with Crippen molar-refractivity contribution in [1.82, 2.24) is 10.2 Å². The molecule has 104 valence electrons. The van der Waals surface area contributed by atoms with Crippen molar-refractivity contribution in [3.8, 4) is 0 Å². The molecule has 19 heavy (non-hydrogen) atoms. The molecule has 3 nitrogen and oxygen atoms in total. The third kappa shape index (κ3) is 4.51. The number of piperidine rings is 1. The van der Waals surface area contributed by atoms with Crippen LogP contribution < -0.4 is 5.32 Å². The minimum absolute atomic E-state index is 0.0782. The molecule has 1 aromatic rings. The van der Waals surface area contributed by atoms with Gasteiger partial charge in [-0.2, -0.15) is 0 Å². The first-order valence-corrected chi connectivity index (χ1v) is 7.25. The van der Waals surface area contributed by atoms with Gasteiger partial charge < -0.3 is 5.32 Å². The fourth-order valence-electron chi connectivity index (χ4n) is 2.31. The molecule has 1 aromatic carbocycles. The molecule has 1 N–H and O–H groups in total. The molecule has 0 atom stereocenters. The van der Waals surface area contributed by atoms with Crippen LogP contribution in [0.3, 0.4) is 0 Å². The summed E-state index contributed by atoms with van der Waals surface area (Å²) in [6.07, 6.45) is 2.38. The topological polar surface area (TPSA) is 32.3 Å². The average molecular weight is 281 g/mol. The van der Waals surface area contributed by atoms with Gasteiger partial charge in [-0.1, -0.05) is 36.7 Å². The predicted molar refractivity (Wildman–Crippen MR) is 78.1 cm³/mol. The molecule has 1 aliphatic rings. The van der Waals surface area contributed by atoms with E-state index in [-0.39, 0.29) is 5.91 Å². The van der Waals surface area contributed by atoms with E-state index in [0.29, 0.717) is 18.1 Å². The van der Waals surface area contributed by atoms with E-state index >= 15 is 0 Å². The van der Waals surface area contributed by atoms with Gasteiger partial charge in [0.05, 0.1) is 6.54 Å². The van der Waals surface area contributed by atoms with E-state index in [9.17, 15) is 4.79 Å². The summed E-state index contributed by atoms with van der Waals surface area (Å²) in [5, 5.41) is 3.64. The van der Waals surface area contributed by atoms with Gasteiger partial charge in [-0.25, -0.2) is 0 Å². The van der Waals surface area contributed by atoms with E-state index in [2.05, 4.69) is 17.1 Å². The van der Waals surface area contributed by atoms with Crippen molar-refractivity contribution in [2.75, 3.05) is 19.6 Å². The zero-order valence-electron chi connectivity index (χ0n) is 11.4. The zero-order chi connectivity index (χ0) is 13.7. The summed E-state index contributed by atoms with van der Waals surface area (Å²) < 4.78 is 0. The van der Waals surface area contributed by atoms with Gasteiger partial charge in [0.1, 0.15) is 0 Å². The Morgan fingerprint density at radius 3 is 2.74 bits per heavy atom. The van der Waals surface area contributed by atoms with Crippen LogP contribution in [-0.4, -0.2) is 30.4 Å². The standard InChI is InChI=1S/C15H21ClN2O/c1-12-6-8-18(9-7-12)11-15(19)17-10-13-4-2-3-5-14(13)16/h2-5,12H,6-11H2,1H3,(H,17,19). The Balaban J connectivity index is 1.74. The second-order valence-corrected chi connectivity index (χ2v) is 5.73. The van der Waals surface area contributed by atoms with Crippen LogP contribution in [0.5, 0.6) is 0 Å². The average Bonchev–Trinajstić information content (AvgIpc) is 2.40. The minimum atomic E-state index is 0.0782. The highest BCUT2D eigenvalue weighted by Gasteiger charge is 2.17. The first kappa shape index (κ1) is 14.4. The number of amides is 1. The monoisotopic (exact) mass is 280 g/mol. The maximum Gasteiger partial charge on any atom is 0.234 e. The molecule has 0 aliphatic carbocycles. The van der Waals surface area contributed by atoms with Gasteiger partial charge in [0.2, 0.25) is 5.91 Å². The van der Waals surface area contributed by atoms with Crippen molar-refractivity contribution >= 4 is 17.5 Å². The highest BCUT2D eigenvalue weighted by molar-refractivity contribution is 6.31. The van der Waals surface area contributed by atoms with E-state index in [1.165, 1.54) is 12.8 Å². The Bertz CT molecular complexity index is 428. The van der Waals surface area contributed by atoms with Gasteiger partial charge in [-0.3, -0.25) is 9.69 Å². The van der Waals surface area contributed by atoms with Gasteiger partial charge in [0.25, 0.3) is 0 Å². The summed E-state index contributed by atoms with van der Waals surface area (Å²) in [6, 6.07) is 7.60. The highest BCUT2D eigenvalue weighted by Crippen LogP contribution is 2.16. The number of carbonyl (C=O) groups excluding carboxylic acids is 1. The molecule has 0 aromatic heterocycles. The fraction of sp³-hybridized carbons (Fsp3) is 0.533. The first-order chi connectivity index (χ1) is 9.15. The molecule has 4 heteroatoms. The molecule has 1 aliphatic heterocycles. The van der Waals surface area contributed by atoms with Crippen LogP contribution in [0, 0.1) is 5.92 Å². The maximum atomic E-state index is 11.9. The first-order valence-electron chi connectivity index (χ1n) is 6.87. The molecule has 0 spiro atoms. The molecule has 1 fully saturated rings. The summed E-state index contributed by atoms with van der Waals surface area (Å²) in [5.74, 6) is 0.872. The normalized spacial score (nSPS) is 17.4. The number of halogens is 1. The van der Waals surface area contributed by atoms with Crippen molar-refractivity contribution in [3.63, 3.8) is 0 Å². The second kappa shape index (κ2) is 6.92. The second-order valence-electron chi connectivity index (χ2n) is 5.33. The summed E-state index contributed by atoms with van der Waals surface area (Å²) in [4.78, 5) is 14.1. The number of rotatable bonds is 4. The summed E-state index contributed by atoms with van der Waals surface area (Å²) in [6.45, 7) is 5.33. The Kier molecular flexibility index (Phi) is 5.23. The van der Waals surface area contributed by atoms with E-state index in [1.807, 2.05) is 24.3 Å². The van der Waals surface area contributed by atoms with Crippen molar-refractivity contribution in [1.29, 1.82) is 0 Å². The lowest BCUT2D eigenvalue weighted by Crippen LogP contribution is -2.41. The lowest BCUT2D eigenvalue weighted by Gasteiger charge is -2.29. The summed E-state index contributed by atoms with van der Waals surface area (Å²) in [5.41, 5.74) is 0.963. The van der Waals surface area contributed by atoms with Gasteiger partial charge in [0.15, 0.2) is 0 Å². The fourth-order valence-corrected chi connectivity index (χ4v) is 2.52. The molecule has 1 heterocycles. The van der Waals surface area contributed by atoms with E-state index in [1.54, 1.807) is 0 Å². The van der Waals surface area contributed by atoms with E-state index in [4.69, 9.17) is 11.6 Å². The van der Waals surface area contributed by atoms with Crippen molar-refractivity contribution in [3.05, 3.63) is 34.9 Å². The zero-order valence-corrected chi connectivity index (χ0v) is 12.1. The smallest absolute Gasteiger partial charge is 0.234 e. The van der Waals surface area contributed by atoms with Crippen LogP contribution >= 0.6 is 11.6 Å². The minimum Gasteiger partial charge on any atom is -0.351 e. The predicted octanol–water partition coefficient (Wildman–Crippen LogP) is 2.69. The van der Waals surface area contributed by atoms with Gasteiger partial charge in [0, 0.05) is 11.6 Å². The number of benzene rings is 1. The van der Waals surface area contributed by atoms with Crippen LogP contribution in [0.1, 0.15) is 25.3 Å². The quantitative estimate of drug-likeness (QED) is 0.920. The number of nitrogens with one attached hydrogen (secondary N) is 1. The van der Waals surface area contributed by atoms with Crippen molar-refractivity contribution < 1.29 is 4.79 Å². The molecule has 0 bridgehead atoms. The molecule has 1 saturated heterocycles. The Hall–Kier alpha value is -1.06. The maximum absolute atomic E-state index is 11.9. The van der Waals surface area contributed by atoms with Crippen molar-refractivity contribution in [2.24, 2.45) is 5.92 Å². The number of carbonyl (C=O) groups is 1. The molecular formula is C15H21ClN2O. The van der Waals surface area contributed by atoms with Crippen LogP contribution in [0.2, 0.25) is 5.02 Å². The van der Waals surface area contributed by atoms with Crippen LogP contribution in [0.4, 0.5) is 0 Å². The number of likely N-dealkylation sites (tertiary alicyclic amines) is 1. The van der Waals surface area contributed by atoms with Crippen LogP contribution in [0.25, 0.3) is 0 Å². The molecular weight excluding hydrogens is 260 g/mol. The lowest BCUT2D eigenvalue weighted by atomic mass is 9.99. The number of hydrogen-bond acceptors (Lipinski definition) is 2. The van der Waals surface area contributed by atoms with Crippen LogP contribution in [-0.2, 0) is 11.3 Å². The van der Waals surface area contributed by atoms with E-state index < -0.39 is 0 Å². The summed E-state index contributed by atoms with van der Waals surface area (Å²) in [7, 11) is 0. The molecule has 2 rings (SSSR count). The molecule has 0 radical (unpaired) electrons. The third-order valence-corrected chi connectivity index (χ3v) is 4.05. The number of nitrogens with zero attached hydrogens (tertiary/aromatic N) is 1. The molecule has 0 unspecified atom stereocenters. The van der Waals surface area contributed by atoms with Gasteiger partial charge in [-0.05, 0) is 43.5 Å². The molecule has 0 saturated carbocycles. The SMILES string of the molecule is CC1CCN(CC(=O)NCc2ccccc2Cl)CC1. The van der Waals surface area contributed by atoms with E-state index in [0.717, 1.165) is 24.6 Å². The lowest BCUT2D eigenvalue weighted by molar-refractivity contribution is -0.122.